The summed E-state index contributed by atoms with van der Waals surface area (Å²) in [6, 6.07) is 7.96. The van der Waals surface area contributed by atoms with Gasteiger partial charge in [0.1, 0.15) is 11.9 Å². The second kappa shape index (κ2) is 10.5. The van der Waals surface area contributed by atoms with E-state index in [0.717, 1.165) is 50.2 Å². The molecule has 1 amide bonds. The first-order valence-corrected chi connectivity index (χ1v) is 10.7. The van der Waals surface area contributed by atoms with E-state index >= 15 is 0 Å². The predicted octanol–water partition coefficient (Wildman–Crippen LogP) is 5.21. The molecule has 5 heteroatoms. The first-order valence-electron chi connectivity index (χ1n) is 10.7. The van der Waals surface area contributed by atoms with Crippen molar-refractivity contribution in [2.24, 2.45) is 0 Å². The van der Waals surface area contributed by atoms with Crippen LogP contribution < -0.4 is 10.1 Å². The molecule has 1 aliphatic heterocycles. The van der Waals surface area contributed by atoms with Gasteiger partial charge in [-0.15, -0.1) is 0 Å². The molecular weight excluding hydrogens is 340 g/mol. The van der Waals surface area contributed by atoms with Gasteiger partial charge in [0.25, 0.3) is 0 Å². The van der Waals surface area contributed by atoms with Crippen LogP contribution in [-0.4, -0.2) is 42.8 Å². The predicted molar refractivity (Wildman–Crippen MR) is 108 cm³/mol. The van der Waals surface area contributed by atoms with Gasteiger partial charge in [-0.05, 0) is 63.7 Å². The average molecular weight is 375 g/mol. The molecule has 1 saturated heterocycles. The van der Waals surface area contributed by atoms with Crippen LogP contribution in [0.5, 0.6) is 5.75 Å². The highest BCUT2D eigenvalue weighted by molar-refractivity contribution is 5.85. The number of hydrogen-bond acceptors (Lipinski definition) is 4. The van der Waals surface area contributed by atoms with Crippen LogP contribution in [-0.2, 0) is 4.74 Å². The number of anilines is 1. The average Bonchev–Trinajstić information content (AvgIpc) is 3.20. The summed E-state index contributed by atoms with van der Waals surface area (Å²) in [5.41, 5.74) is 0.724. The van der Waals surface area contributed by atoms with E-state index in [2.05, 4.69) is 17.1 Å². The van der Waals surface area contributed by atoms with Crippen molar-refractivity contribution in [2.75, 3.05) is 25.0 Å². The Labute approximate surface area is 163 Å². The standard InChI is InChI=1S/C22H34N2O3/c1-2-3-8-16-26-19-11-9-10-18(17-19)23-22(25)27-21-13-5-4-12-20(21)24-14-6-7-15-24/h9-11,17,20-21H,2-8,12-16H2,1H3,(H,23,25)/t20-,21+/m0/s1. The van der Waals surface area contributed by atoms with E-state index in [1.54, 1.807) is 0 Å². The zero-order valence-corrected chi connectivity index (χ0v) is 16.6. The van der Waals surface area contributed by atoms with Crippen molar-refractivity contribution in [1.29, 1.82) is 0 Å². The SMILES string of the molecule is CCCCCOc1cccc(NC(=O)O[C@@H]2CCCC[C@@H]2N2CCCC2)c1. The number of ether oxygens (including phenoxy) is 2. The molecule has 0 spiro atoms. The number of unbranched alkanes of at least 4 members (excludes halogenated alkanes) is 2. The zero-order valence-electron chi connectivity index (χ0n) is 16.6. The van der Waals surface area contributed by atoms with Crippen LogP contribution >= 0.6 is 0 Å². The summed E-state index contributed by atoms with van der Waals surface area (Å²) >= 11 is 0. The molecule has 2 atom stereocenters. The minimum absolute atomic E-state index is 0.00493. The largest absolute Gasteiger partial charge is 0.494 e. The number of benzene rings is 1. The molecule has 1 aliphatic carbocycles. The highest BCUT2D eigenvalue weighted by atomic mass is 16.6. The molecule has 1 aromatic carbocycles. The molecule has 1 aromatic rings. The Morgan fingerprint density at radius 1 is 1.15 bits per heavy atom. The van der Waals surface area contributed by atoms with Gasteiger partial charge in [0, 0.05) is 17.8 Å². The molecule has 2 fully saturated rings. The first kappa shape index (κ1) is 20.0. The van der Waals surface area contributed by atoms with Crippen molar-refractivity contribution in [3.8, 4) is 5.75 Å². The van der Waals surface area contributed by atoms with Crippen LogP contribution in [0.1, 0.15) is 64.7 Å². The van der Waals surface area contributed by atoms with Crippen LogP contribution in [0.25, 0.3) is 0 Å². The lowest BCUT2D eigenvalue weighted by molar-refractivity contribution is 0.0176. The molecule has 27 heavy (non-hydrogen) atoms. The quantitative estimate of drug-likeness (QED) is 0.635. The maximum absolute atomic E-state index is 12.5. The van der Waals surface area contributed by atoms with Crippen molar-refractivity contribution < 1.29 is 14.3 Å². The summed E-state index contributed by atoms with van der Waals surface area (Å²) in [5.74, 6) is 0.788. The van der Waals surface area contributed by atoms with Crippen molar-refractivity contribution in [2.45, 2.75) is 76.9 Å². The Balaban J connectivity index is 1.50. The van der Waals surface area contributed by atoms with E-state index in [4.69, 9.17) is 9.47 Å². The topological polar surface area (TPSA) is 50.8 Å². The Morgan fingerprint density at radius 3 is 2.78 bits per heavy atom. The smallest absolute Gasteiger partial charge is 0.411 e. The molecule has 0 aromatic heterocycles. The summed E-state index contributed by atoms with van der Waals surface area (Å²) in [5, 5.41) is 2.88. The van der Waals surface area contributed by atoms with Crippen LogP contribution in [0.4, 0.5) is 10.5 Å². The number of amides is 1. The Hall–Kier alpha value is -1.75. The van der Waals surface area contributed by atoms with Crippen LogP contribution in [0.15, 0.2) is 24.3 Å². The number of rotatable bonds is 8. The zero-order chi connectivity index (χ0) is 18.9. The number of carbonyl (C=O) groups is 1. The number of nitrogens with zero attached hydrogens (tertiary/aromatic N) is 1. The molecule has 1 saturated carbocycles. The minimum atomic E-state index is -0.353. The van der Waals surface area contributed by atoms with E-state index in [9.17, 15) is 4.79 Å². The Kier molecular flexibility index (Phi) is 7.81. The lowest BCUT2D eigenvalue weighted by Crippen LogP contribution is -2.46. The number of carbonyl (C=O) groups excluding carboxylic acids is 1. The maximum Gasteiger partial charge on any atom is 0.411 e. The summed E-state index contributed by atoms with van der Waals surface area (Å²) < 4.78 is 11.6. The monoisotopic (exact) mass is 374 g/mol. The van der Waals surface area contributed by atoms with Crippen LogP contribution in [0.3, 0.4) is 0 Å². The van der Waals surface area contributed by atoms with Gasteiger partial charge in [0.05, 0.1) is 6.61 Å². The highest BCUT2D eigenvalue weighted by Crippen LogP contribution is 2.28. The van der Waals surface area contributed by atoms with Gasteiger partial charge in [0.15, 0.2) is 0 Å². The van der Waals surface area contributed by atoms with Gasteiger partial charge in [-0.3, -0.25) is 10.2 Å². The molecule has 5 nitrogen and oxygen atoms in total. The third-order valence-corrected chi connectivity index (χ3v) is 5.63. The molecule has 0 radical (unpaired) electrons. The molecule has 0 bridgehead atoms. The molecule has 150 valence electrons. The highest BCUT2D eigenvalue weighted by Gasteiger charge is 2.34. The number of nitrogens with one attached hydrogen (secondary N) is 1. The van der Waals surface area contributed by atoms with E-state index in [-0.39, 0.29) is 12.2 Å². The third kappa shape index (κ3) is 6.13. The van der Waals surface area contributed by atoms with Crippen LogP contribution in [0.2, 0.25) is 0 Å². The lowest BCUT2D eigenvalue weighted by Gasteiger charge is -2.37. The van der Waals surface area contributed by atoms with E-state index in [0.29, 0.717) is 12.6 Å². The maximum atomic E-state index is 12.5. The van der Waals surface area contributed by atoms with Gasteiger partial charge in [-0.25, -0.2) is 4.79 Å². The second-order valence-corrected chi connectivity index (χ2v) is 7.75. The van der Waals surface area contributed by atoms with Crippen molar-refractivity contribution in [3.63, 3.8) is 0 Å². The van der Waals surface area contributed by atoms with Gasteiger partial charge in [0.2, 0.25) is 0 Å². The van der Waals surface area contributed by atoms with E-state index < -0.39 is 0 Å². The summed E-state index contributed by atoms with van der Waals surface area (Å²) in [4.78, 5) is 15.0. The summed E-state index contributed by atoms with van der Waals surface area (Å²) in [7, 11) is 0. The molecule has 3 rings (SSSR count). The second-order valence-electron chi connectivity index (χ2n) is 7.75. The van der Waals surface area contributed by atoms with Crippen LogP contribution in [0, 0.1) is 0 Å². The Bertz CT molecular complexity index is 587. The molecule has 0 unspecified atom stereocenters. The Morgan fingerprint density at radius 2 is 1.96 bits per heavy atom. The van der Waals surface area contributed by atoms with Crippen molar-refractivity contribution >= 4 is 11.8 Å². The van der Waals surface area contributed by atoms with Crippen molar-refractivity contribution in [3.05, 3.63) is 24.3 Å². The normalized spacial score (nSPS) is 23.1. The van der Waals surface area contributed by atoms with Gasteiger partial charge >= 0.3 is 6.09 Å². The molecule has 1 N–H and O–H groups in total. The first-order chi connectivity index (χ1) is 13.3. The van der Waals surface area contributed by atoms with E-state index in [1.807, 2.05) is 24.3 Å². The molecule has 1 heterocycles. The molecule has 2 aliphatic rings. The fourth-order valence-corrected chi connectivity index (χ4v) is 4.20. The summed E-state index contributed by atoms with van der Waals surface area (Å²) in [6.45, 7) is 5.17. The van der Waals surface area contributed by atoms with Gasteiger partial charge in [-0.2, -0.15) is 0 Å². The van der Waals surface area contributed by atoms with E-state index in [1.165, 1.54) is 32.1 Å². The fourth-order valence-electron chi connectivity index (χ4n) is 4.20. The van der Waals surface area contributed by atoms with Gasteiger partial charge < -0.3 is 9.47 Å². The van der Waals surface area contributed by atoms with Gasteiger partial charge in [-0.1, -0.05) is 32.3 Å². The lowest BCUT2D eigenvalue weighted by atomic mass is 9.91. The summed E-state index contributed by atoms with van der Waals surface area (Å²) in [6.07, 6.45) is 10.1. The molecular formula is C22H34N2O3. The minimum Gasteiger partial charge on any atom is -0.494 e. The van der Waals surface area contributed by atoms with Crippen molar-refractivity contribution in [1.82, 2.24) is 4.90 Å². The number of hydrogen-bond donors (Lipinski definition) is 1. The fraction of sp³-hybridized carbons (Fsp3) is 0.682. The number of likely N-dealkylation sites (tertiary alicyclic amines) is 1. The third-order valence-electron chi connectivity index (χ3n) is 5.63.